The molecule has 1 saturated heterocycles. The second-order valence-electron chi connectivity index (χ2n) is 5.27. The average molecular weight is 333 g/mol. The third-order valence-corrected chi connectivity index (χ3v) is 4.01. The Morgan fingerprint density at radius 3 is 2.48 bits per heavy atom. The van der Waals surface area contributed by atoms with E-state index >= 15 is 0 Å². The molecule has 23 heavy (non-hydrogen) atoms. The molecule has 0 aromatic heterocycles. The van der Waals surface area contributed by atoms with Crippen molar-refractivity contribution in [2.24, 2.45) is 0 Å². The van der Waals surface area contributed by atoms with Crippen LogP contribution in [0.4, 0.5) is 11.4 Å². The van der Waals surface area contributed by atoms with Crippen LogP contribution in [0.25, 0.3) is 0 Å². The number of carbonyl (C=O) groups is 1. The van der Waals surface area contributed by atoms with Crippen molar-refractivity contribution in [3.8, 4) is 5.75 Å². The van der Waals surface area contributed by atoms with Gasteiger partial charge in [-0.05, 0) is 42.5 Å². The fourth-order valence-electron chi connectivity index (χ4n) is 2.43. The molecule has 0 bridgehead atoms. The molecule has 1 heterocycles. The van der Waals surface area contributed by atoms with E-state index in [0.717, 1.165) is 32.0 Å². The number of ether oxygens (including phenoxy) is 1. The Labute approximate surface area is 139 Å². The zero-order chi connectivity index (χ0) is 16.2. The predicted molar refractivity (Wildman–Crippen MR) is 90.5 cm³/mol. The van der Waals surface area contributed by atoms with E-state index in [2.05, 4.69) is 10.2 Å². The molecule has 0 saturated carbocycles. The Morgan fingerprint density at radius 1 is 1.13 bits per heavy atom. The lowest BCUT2D eigenvalue weighted by Crippen LogP contribution is -2.36. The number of halogens is 1. The maximum Gasteiger partial charge on any atom is 0.255 e. The van der Waals surface area contributed by atoms with Gasteiger partial charge in [0.25, 0.3) is 5.91 Å². The summed E-state index contributed by atoms with van der Waals surface area (Å²) in [6.45, 7) is 3.22. The van der Waals surface area contributed by atoms with Gasteiger partial charge in [-0.3, -0.25) is 4.79 Å². The Morgan fingerprint density at radius 2 is 1.83 bits per heavy atom. The van der Waals surface area contributed by atoms with Crippen LogP contribution in [-0.2, 0) is 4.74 Å². The minimum atomic E-state index is -0.272. The molecule has 120 valence electrons. The van der Waals surface area contributed by atoms with Crippen molar-refractivity contribution in [3.05, 3.63) is 53.1 Å². The van der Waals surface area contributed by atoms with E-state index in [4.69, 9.17) is 16.3 Å². The first kappa shape index (κ1) is 15.6. The number of carbonyl (C=O) groups excluding carboxylic acids is 1. The lowest BCUT2D eigenvalue weighted by molar-refractivity contribution is 0.102. The van der Waals surface area contributed by atoms with Crippen molar-refractivity contribution in [3.63, 3.8) is 0 Å². The molecule has 2 aromatic rings. The zero-order valence-corrected chi connectivity index (χ0v) is 13.2. The molecule has 0 atom stereocenters. The van der Waals surface area contributed by atoms with E-state index in [-0.39, 0.29) is 16.7 Å². The molecule has 6 heteroatoms. The zero-order valence-electron chi connectivity index (χ0n) is 12.5. The molecule has 2 N–H and O–H groups in total. The van der Waals surface area contributed by atoms with Gasteiger partial charge in [-0.15, -0.1) is 0 Å². The van der Waals surface area contributed by atoms with E-state index in [0.29, 0.717) is 11.3 Å². The van der Waals surface area contributed by atoms with Crippen molar-refractivity contribution in [1.82, 2.24) is 0 Å². The third-order valence-electron chi connectivity index (χ3n) is 3.71. The summed E-state index contributed by atoms with van der Waals surface area (Å²) >= 11 is 5.82. The summed E-state index contributed by atoms with van der Waals surface area (Å²) < 4.78 is 5.34. The van der Waals surface area contributed by atoms with Crippen LogP contribution in [-0.4, -0.2) is 37.3 Å². The first-order valence-electron chi connectivity index (χ1n) is 7.36. The van der Waals surface area contributed by atoms with Gasteiger partial charge in [-0.25, -0.2) is 0 Å². The normalized spacial score (nSPS) is 14.6. The first-order chi connectivity index (χ1) is 11.1. The highest BCUT2D eigenvalue weighted by atomic mass is 35.5. The third kappa shape index (κ3) is 3.75. The van der Waals surface area contributed by atoms with E-state index in [1.54, 1.807) is 0 Å². The molecule has 2 aromatic carbocycles. The predicted octanol–water partition coefficient (Wildman–Crippen LogP) is 3.13. The van der Waals surface area contributed by atoms with Crippen LogP contribution >= 0.6 is 11.6 Å². The van der Waals surface area contributed by atoms with Crippen LogP contribution in [0.5, 0.6) is 5.75 Å². The van der Waals surface area contributed by atoms with Crippen LogP contribution in [0.1, 0.15) is 10.4 Å². The number of hydrogen-bond acceptors (Lipinski definition) is 4. The van der Waals surface area contributed by atoms with Crippen LogP contribution in [0.15, 0.2) is 42.5 Å². The highest BCUT2D eigenvalue weighted by Crippen LogP contribution is 2.24. The number of hydrogen-bond donors (Lipinski definition) is 2. The standard InChI is InChI=1S/C17H17ClN2O3/c18-15-11-12(1-6-16(15)21)17(22)19-13-2-4-14(5-3-13)20-7-9-23-10-8-20/h1-6,11,21H,7-10H2,(H,19,22). The van der Waals surface area contributed by atoms with Gasteiger partial charge in [0.05, 0.1) is 18.2 Å². The summed E-state index contributed by atoms with van der Waals surface area (Å²) in [5.41, 5.74) is 2.21. The van der Waals surface area contributed by atoms with Crippen LogP contribution in [0, 0.1) is 0 Å². The van der Waals surface area contributed by atoms with Gasteiger partial charge in [-0.2, -0.15) is 0 Å². The van der Waals surface area contributed by atoms with E-state index in [1.165, 1.54) is 18.2 Å². The Kier molecular flexibility index (Phi) is 4.69. The molecule has 0 spiro atoms. The van der Waals surface area contributed by atoms with Gasteiger partial charge < -0.3 is 20.1 Å². The Bertz CT molecular complexity index is 697. The number of nitrogens with zero attached hydrogens (tertiary/aromatic N) is 1. The van der Waals surface area contributed by atoms with Gasteiger partial charge in [0, 0.05) is 30.0 Å². The van der Waals surface area contributed by atoms with Gasteiger partial charge in [0.2, 0.25) is 0 Å². The Hall–Kier alpha value is -2.24. The SMILES string of the molecule is O=C(Nc1ccc(N2CCOCC2)cc1)c1ccc(O)c(Cl)c1. The Balaban J connectivity index is 1.67. The van der Waals surface area contributed by atoms with Gasteiger partial charge in [0.1, 0.15) is 5.75 Å². The van der Waals surface area contributed by atoms with Crippen molar-refractivity contribution < 1.29 is 14.6 Å². The number of aromatic hydroxyl groups is 1. The lowest BCUT2D eigenvalue weighted by Gasteiger charge is -2.28. The number of anilines is 2. The molecular weight excluding hydrogens is 316 g/mol. The molecule has 5 nitrogen and oxygen atoms in total. The largest absolute Gasteiger partial charge is 0.506 e. The molecular formula is C17H17ClN2O3. The van der Waals surface area contributed by atoms with Crippen molar-refractivity contribution in [2.45, 2.75) is 0 Å². The summed E-state index contributed by atoms with van der Waals surface area (Å²) in [5, 5.41) is 12.4. The number of morpholine rings is 1. The summed E-state index contributed by atoms with van der Waals surface area (Å²) in [7, 11) is 0. The number of phenols is 1. The molecule has 0 unspecified atom stereocenters. The molecule has 0 radical (unpaired) electrons. The fourth-order valence-corrected chi connectivity index (χ4v) is 2.61. The topological polar surface area (TPSA) is 61.8 Å². The molecule has 3 rings (SSSR count). The van der Waals surface area contributed by atoms with Crippen LogP contribution in [0.3, 0.4) is 0 Å². The minimum Gasteiger partial charge on any atom is -0.506 e. The monoisotopic (exact) mass is 332 g/mol. The van der Waals surface area contributed by atoms with Crippen molar-refractivity contribution in [2.75, 3.05) is 36.5 Å². The molecule has 1 amide bonds. The second-order valence-corrected chi connectivity index (χ2v) is 5.67. The van der Waals surface area contributed by atoms with Crippen LogP contribution < -0.4 is 10.2 Å². The molecule has 0 aliphatic carbocycles. The van der Waals surface area contributed by atoms with Crippen molar-refractivity contribution >= 4 is 28.9 Å². The van der Waals surface area contributed by atoms with E-state index < -0.39 is 0 Å². The quantitative estimate of drug-likeness (QED) is 0.906. The first-order valence-corrected chi connectivity index (χ1v) is 7.74. The van der Waals surface area contributed by atoms with Gasteiger partial charge >= 0.3 is 0 Å². The smallest absolute Gasteiger partial charge is 0.255 e. The number of rotatable bonds is 3. The summed E-state index contributed by atoms with van der Waals surface area (Å²) in [5.74, 6) is -0.316. The maximum atomic E-state index is 12.2. The molecule has 1 aliphatic heterocycles. The summed E-state index contributed by atoms with van der Waals surface area (Å²) in [4.78, 5) is 14.4. The molecule has 1 fully saturated rings. The van der Waals surface area contributed by atoms with Gasteiger partial charge in [-0.1, -0.05) is 11.6 Å². The lowest BCUT2D eigenvalue weighted by atomic mass is 10.2. The fraction of sp³-hybridized carbons (Fsp3) is 0.235. The molecule has 1 aliphatic rings. The minimum absolute atomic E-state index is 0.0434. The summed E-state index contributed by atoms with van der Waals surface area (Å²) in [6.07, 6.45) is 0. The number of amides is 1. The second kappa shape index (κ2) is 6.89. The number of benzene rings is 2. The van der Waals surface area contributed by atoms with E-state index in [9.17, 15) is 9.90 Å². The van der Waals surface area contributed by atoms with Crippen molar-refractivity contribution in [1.29, 1.82) is 0 Å². The number of nitrogens with one attached hydrogen (secondary N) is 1. The van der Waals surface area contributed by atoms with E-state index in [1.807, 2.05) is 24.3 Å². The van der Waals surface area contributed by atoms with Gasteiger partial charge in [0.15, 0.2) is 0 Å². The highest BCUT2D eigenvalue weighted by molar-refractivity contribution is 6.32. The highest BCUT2D eigenvalue weighted by Gasteiger charge is 2.12. The average Bonchev–Trinajstić information content (AvgIpc) is 2.59. The van der Waals surface area contributed by atoms with Crippen LogP contribution in [0.2, 0.25) is 5.02 Å². The maximum absolute atomic E-state index is 12.2. The summed E-state index contributed by atoms with van der Waals surface area (Å²) in [6, 6.07) is 12.1. The number of phenolic OH excluding ortho intramolecular Hbond substituents is 1.